The van der Waals surface area contributed by atoms with Crippen LogP contribution >= 0.6 is 23.8 Å². The van der Waals surface area contributed by atoms with Gasteiger partial charge in [-0.15, -0.1) is 5.73 Å². The van der Waals surface area contributed by atoms with Gasteiger partial charge in [-0.3, -0.25) is 14.3 Å². The predicted molar refractivity (Wildman–Crippen MR) is 90.1 cm³/mol. The number of nitrogens with one attached hydrogen (secondary N) is 1. The highest BCUT2D eigenvalue weighted by molar-refractivity contribution is 7.71. The zero-order chi connectivity index (χ0) is 16.3. The Morgan fingerprint density at radius 3 is 2.59 bits per heavy atom. The van der Waals surface area contributed by atoms with E-state index in [-0.39, 0.29) is 16.2 Å². The normalized spacial score (nSPS) is 9.95. The third-order valence-electron chi connectivity index (χ3n) is 2.77. The lowest BCUT2D eigenvalue weighted by atomic mass is 10.2. The lowest BCUT2D eigenvalue weighted by Gasteiger charge is -2.11. The molecule has 0 bridgehead atoms. The quantitative estimate of drug-likeness (QED) is 0.668. The van der Waals surface area contributed by atoms with Gasteiger partial charge in [0.15, 0.2) is 4.77 Å². The monoisotopic (exact) mass is 335 g/mol. The first-order valence-electron chi connectivity index (χ1n) is 6.33. The standard InChI is InChI=1S/C15H14ClN3O2S/c1-18(2)9-3-4-12-13(20)17-15(22)19(14(12)21)11-7-5-10(16)6-8-11/h4-9,21H,1-2H3,(H,17,20,22). The van der Waals surface area contributed by atoms with Gasteiger partial charge in [0.05, 0.1) is 5.69 Å². The summed E-state index contributed by atoms with van der Waals surface area (Å²) in [6, 6.07) is 6.73. The van der Waals surface area contributed by atoms with Gasteiger partial charge in [-0.2, -0.15) is 0 Å². The number of hydrogen-bond donors (Lipinski definition) is 2. The maximum absolute atomic E-state index is 12.0. The van der Waals surface area contributed by atoms with Crippen molar-refractivity contribution in [3.05, 3.63) is 61.9 Å². The zero-order valence-corrected chi connectivity index (χ0v) is 13.6. The van der Waals surface area contributed by atoms with Crippen molar-refractivity contribution >= 4 is 29.9 Å². The van der Waals surface area contributed by atoms with Crippen molar-refractivity contribution in [1.82, 2.24) is 14.5 Å². The van der Waals surface area contributed by atoms with Crippen molar-refractivity contribution in [2.45, 2.75) is 0 Å². The third kappa shape index (κ3) is 3.49. The van der Waals surface area contributed by atoms with Crippen molar-refractivity contribution in [2.24, 2.45) is 0 Å². The van der Waals surface area contributed by atoms with Crippen LogP contribution < -0.4 is 5.56 Å². The van der Waals surface area contributed by atoms with Crippen LogP contribution in [0.2, 0.25) is 5.02 Å². The molecule has 0 aliphatic carbocycles. The minimum atomic E-state index is -0.479. The second-order valence-electron chi connectivity index (χ2n) is 4.71. The van der Waals surface area contributed by atoms with E-state index in [2.05, 4.69) is 10.7 Å². The lowest BCUT2D eigenvalue weighted by molar-refractivity contribution is 0.432. The molecule has 0 saturated heterocycles. The molecular formula is C15H14ClN3O2S. The fraction of sp³-hybridized carbons (Fsp3) is 0.133. The van der Waals surface area contributed by atoms with E-state index in [0.29, 0.717) is 10.7 Å². The first kappa shape index (κ1) is 16.1. The molecule has 0 radical (unpaired) electrons. The summed E-state index contributed by atoms with van der Waals surface area (Å²) < 4.78 is 1.45. The Balaban J connectivity index is 2.66. The average molecular weight is 336 g/mol. The molecule has 7 heteroatoms. The number of rotatable bonds is 3. The molecule has 0 aliphatic heterocycles. The van der Waals surface area contributed by atoms with Crippen molar-refractivity contribution in [3.63, 3.8) is 0 Å². The number of aromatic nitrogens is 2. The summed E-state index contributed by atoms with van der Waals surface area (Å²) in [5.41, 5.74) is 3.00. The Morgan fingerprint density at radius 2 is 2.00 bits per heavy atom. The molecule has 0 aliphatic rings. The second-order valence-corrected chi connectivity index (χ2v) is 5.54. The Labute approximate surface area is 137 Å². The Bertz CT molecular complexity index is 860. The van der Waals surface area contributed by atoms with Gasteiger partial charge < -0.3 is 10.0 Å². The molecule has 0 amide bonds. The highest BCUT2D eigenvalue weighted by Crippen LogP contribution is 2.21. The summed E-state index contributed by atoms with van der Waals surface area (Å²) in [5.74, 6) is -0.254. The Kier molecular flexibility index (Phi) is 4.88. The average Bonchev–Trinajstić information content (AvgIpc) is 2.44. The summed E-state index contributed by atoms with van der Waals surface area (Å²) in [7, 11) is 3.65. The van der Waals surface area contributed by atoms with Crippen LogP contribution in [0.25, 0.3) is 11.8 Å². The summed E-state index contributed by atoms with van der Waals surface area (Å²) in [5, 5.41) is 10.9. The molecule has 22 heavy (non-hydrogen) atoms. The van der Waals surface area contributed by atoms with Crippen LogP contribution in [0.1, 0.15) is 5.56 Å². The molecular weight excluding hydrogens is 322 g/mol. The smallest absolute Gasteiger partial charge is 0.263 e. The number of benzene rings is 1. The summed E-state index contributed by atoms with van der Waals surface area (Å²) in [6.45, 7) is 0. The van der Waals surface area contributed by atoms with Crippen LogP contribution in [0.3, 0.4) is 0 Å². The highest BCUT2D eigenvalue weighted by Gasteiger charge is 2.11. The van der Waals surface area contributed by atoms with Gasteiger partial charge in [-0.05, 0) is 42.6 Å². The van der Waals surface area contributed by atoms with Gasteiger partial charge in [0, 0.05) is 25.3 Å². The van der Waals surface area contributed by atoms with E-state index in [1.807, 2.05) is 14.1 Å². The van der Waals surface area contributed by atoms with Crippen LogP contribution in [0.15, 0.2) is 41.0 Å². The molecule has 0 spiro atoms. The van der Waals surface area contributed by atoms with E-state index in [1.165, 1.54) is 10.6 Å². The number of halogens is 1. The number of hydrogen-bond acceptors (Lipinski definition) is 4. The zero-order valence-electron chi connectivity index (χ0n) is 12.0. The van der Waals surface area contributed by atoms with E-state index in [1.54, 1.807) is 35.4 Å². The number of nitrogens with zero attached hydrogens (tertiary/aromatic N) is 2. The molecule has 0 fully saturated rings. The molecule has 2 aromatic rings. The first-order valence-corrected chi connectivity index (χ1v) is 7.12. The summed E-state index contributed by atoms with van der Waals surface area (Å²) in [6.07, 6.45) is 3.03. The van der Waals surface area contributed by atoms with Crippen LogP contribution in [0.5, 0.6) is 5.88 Å². The van der Waals surface area contributed by atoms with Gasteiger partial charge in [0.2, 0.25) is 5.88 Å². The fourth-order valence-electron chi connectivity index (χ4n) is 1.77. The third-order valence-corrected chi connectivity index (χ3v) is 3.30. The minimum Gasteiger partial charge on any atom is -0.494 e. The van der Waals surface area contributed by atoms with Crippen LogP contribution in [-0.2, 0) is 0 Å². The van der Waals surface area contributed by atoms with Crippen molar-refractivity contribution in [3.8, 4) is 11.6 Å². The number of aromatic amines is 1. The van der Waals surface area contributed by atoms with Gasteiger partial charge in [0.1, 0.15) is 5.56 Å². The molecule has 114 valence electrons. The molecule has 1 heterocycles. The highest BCUT2D eigenvalue weighted by atomic mass is 35.5. The number of H-pyrrole nitrogens is 1. The van der Waals surface area contributed by atoms with Gasteiger partial charge in [0.25, 0.3) is 5.56 Å². The number of aromatic hydroxyl groups is 1. The fourth-order valence-corrected chi connectivity index (χ4v) is 2.18. The van der Waals surface area contributed by atoms with E-state index < -0.39 is 5.56 Å². The predicted octanol–water partition coefficient (Wildman–Crippen LogP) is 2.94. The second kappa shape index (κ2) is 6.66. The molecule has 2 rings (SSSR count). The first-order chi connectivity index (χ1) is 10.4. The van der Waals surface area contributed by atoms with Crippen molar-refractivity contribution in [2.75, 3.05) is 14.1 Å². The molecule has 0 saturated carbocycles. The van der Waals surface area contributed by atoms with Crippen LogP contribution in [0.4, 0.5) is 0 Å². The van der Waals surface area contributed by atoms with E-state index >= 15 is 0 Å². The molecule has 2 N–H and O–H groups in total. The largest absolute Gasteiger partial charge is 0.494 e. The van der Waals surface area contributed by atoms with E-state index in [0.717, 1.165) is 0 Å². The van der Waals surface area contributed by atoms with Gasteiger partial charge in [-0.25, -0.2) is 0 Å². The summed E-state index contributed by atoms with van der Waals surface area (Å²) in [4.78, 5) is 16.2. The molecule has 1 aromatic heterocycles. The molecule has 0 unspecified atom stereocenters. The van der Waals surface area contributed by atoms with Crippen LogP contribution in [-0.4, -0.2) is 33.7 Å². The lowest BCUT2D eigenvalue weighted by Crippen LogP contribution is -2.15. The van der Waals surface area contributed by atoms with Crippen molar-refractivity contribution < 1.29 is 5.11 Å². The Morgan fingerprint density at radius 1 is 1.36 bits per heavy atom. The van der Waals surface area contributed by atoms with Gasteiger partial charge >= 0.3 is 0 Å². The molecule has 0 atom stereocenters. The van der Waals surface area contributed by atoms with E-state index in [4.69, 9.17) is 23.8 Å². The molecule has 1 aromatic carbocycles. The van der Waals surface area contributed by atoms with Crippen molar-refractivity contribution in [1.29, 1.82) is 0 Å². The van der Waals surface area contributed by atoms with E-state index in [9.17, 15) is 9.90 Å². The maximum atomic E-state index is 12.0. The van der Waals surface area contributed by atoms with Crippen LogP contribution in [0, 0.1) is 4.77 Å². The maximum Gasteiger partial charge on any atom is 0.263 e. The Hall–Kier alpha value is -2.27. The SMILES string of the molecule is CN(C)C=C=Cc1c(O)n(-c2ccc(Cl)cc2)c(=S)[nH]c1=O. The topological polar surface area (TPSA) is 61.3 Å². The summed E-state index contributed by atoms with van der Waals surface area (Å²) >= 11 is 11.0. The molecule has 5 nitrogen and oxygen atoms in total. The van der Waals surface area contributed by atoms with Gasteiger partial charge in [-0.1, -0.05) is 11.6 Å². The minimum absolute atomic E-state index is 0.0710.